The van der Waals surface area contributed by atoms with Crippen LogP contribution in [0.25, 0.3) is 0 Å². The summed E-state index contributed by atoms with van der Waals surface area (Å²) in [5.41, 5.74) is 5.85. The van der Waals surface area contributed by atoms with Gasteiger partial charge in [0.15, 0.2) is 0 Å². The van der Waals surface area contributed by atoms with Crippen LogP contribution in [0.5, 0.6) is 5.75 Å². The monoisotopic (exact) mass is 224 g/mol. The number of nitrogen functional groups attached to an aromatic ring is 1. The van der Waals surface area contributed by atoms with Gasteiger partial charge in [-0.05, 0) is 6.42 Å². The highest BCUT2D eigenvalue weighted by Crippen LogP contribution is 2.24. The third kappa shape index (κ3) is 3.76. The SMILES string of the molecule is CCCCCOc1cc(N)cc([N+](=O)[O-])c1. The molecule has 0 unspecified atom stereocenters. The van der Waals surface area contributed by atoms with Gasteiger partial charge in [-0.2, -0.15) is 0 Å². The summed E-state index contributed by atoms with van der Waals surface area (Å²) in [7, 11) is 0. The van der Waals surface area contributed by atoms with Crippen LogP contribution >= 0.6 is 0 Å². The highest BCUT2D eigenvalue weighted by molar-refractivity contribution is 5.53. The molecule has 0 saturated heterocycles. The summed E-state index contributed by atoms with van der Waals surface area (Å²) in [5, 5.41) is 10.6. The van der Waals surface area contributed by atoms with E-state index >= 15 is 0 Å². The molecule has 5 heteroatoms. The number of nitrogens with two attached hydrogens (primary N) is 1. The van der Waals surface area contributed by atoms with Crippen LogP contribution in [0.2, 0.25) is 0 Å². The molecule has 0 bridgehead atoms. The number of hydrogen-bond acceptors (Lipinski definition) is 4. The van der Waals surface area contributed by atoms with E-state index in [9.17, 15) is 10.1 Å². The third-order valence-corrected chi connectivity index (χ3v) is 2.14. The van der Waals surface area contributed by atoms with Crippen molar-refractivity contribution in [2.24, 2.45) is 0 Å². The van der Waals surface area contributed by atoms with Crippen molar-refractivity contribution in [3.63, 3.8) is 0 Å². The lowest BCUT2D eigenvalue weighted by Crippen LogP contribution is -1.99. The van der Waals surface area contributed by atoms with E-state index in [2.05, 4.69) is 6.92 Å². The number of nitro benzene ring substituents is 1. The maximum Gasteiger partial charge on any atom is 0.275 e. The van der Waals surface area contributed by atoms with Crippen molar-refractivity contribution in [3.8, 4) is 5.75 Å². The first-order chi connectivity index (χ1) is 7.63. The van der Waals surface area contributed by atoms with Gasteiger partial charge in [0.05, 0.1) is 17.6 Å². The van der Waals surface area contributed by atoms with Crippen LogP contribution in [0.1, 0.15) is 26.2 Å². The minimum atomic E-state index is -0.477. The maximum absolute atomic E-state index is 10.6. The number of benzene rings is 1. The van der Waals surface area contributed by atoms with E-state index in [0.717, 1.165) is 19.3 Å². The largest absolute Gasteiger partial charge is 0.493 e. The standard InChI is InChI=1S/C11H16N2O3/c1-2-3-4-5-16-11-7-9(12)6-10(8-11)13(14)15/h6-8H,2-5,12H2,1H3. The van der Waals surface area contributed by atoms with Crippen LogP contribution < -0.4 is 10.5 Å². The summed E-state index contributed by atoms with van der Waals surface area (Å²) in [6, 6.07) is 4.31. The fourth-order valence-electron chi connectivity index (χ4n) is 1.34. The Bertz CT molecular complexity index is 366. The molecule has 0 aliphatic rings. The molecule has 0 spiro atoms. The van der Waals surface area contributed by atoms with E-state index in [4.69, 9.17) is 10.5 Å². The molecule has 0 atom stereocenters. The van der Waals surface area contributed by atoms with Crippen LogP contribution in [0, 0.1) is 10.1 Å². The molecular formula is C11H16N2O3. The van der Waals surface area contributed by atoms with E-state index in [1.165, 1.54) is 12.1 Å². The molecule has 16 heavy (non-hydrogen) atoms. The first-order valence-electron chi connectivity index (χ1n) is 5.31. The van der Waals surface area contributed by atoms with Gasteiger partial charge in [0.1, 0.15) is 5.75 Å². The van der Waals surface area contributed by atoms with Crippen molar-refractivity contribution in [1.82, 2.24) is 0 Å². The van der Waals surface area contributed by atoms with Crippen LogP contribution in [-0.2, 0) is 0 Å². The van der Waals surface area contributed by atoms with E-state index in [1.807, 2.05) is 0 Å². The number of non-ortho nitro benzene ring substituents is 1. The number of unbranched alkanes of at least 4 members (excludes halogenated alkanes) is 2. The van der Waals surface area contributed by atoms with Gasteiger partial charge in [-0.1, -0.05) is 19.8 Å². The van der Waals surface area contributed by atoms with E-state index in [1.54, 1.807) is 6.07 Å². The summed E-state index contributed by atoms with van der Waals surface area (Å²) in [5.74, 6) is 0.461. The second-order valence-corrected chi connectivity index (χ2v) is 3.57. The van der Waals surface area contributed by atoms with Crippen molar-refractivity contribution in [2.75, 3.05) is 12.3 Å². The van der Waals surface area contributed by atoms with E-state index < -0.39 is 4.92 Å². The number of rotatable bonds is 6. The molecule has 0 radical (unpaired) electrons. The minimum Gasteiger partial charge on any atom is -0.493 e. The third-order valence-electron chi connectivity index (χ3n) is 2.14. The van der Waals surface area contributed by atoms with Crippen LogP contribution in [0.4, 0.5) is 11.4 Å². The van der Waals surface area contributed by atoms with Gasteiger partial charge in [-0.15, -0.1) is 0 Å². The predicted molar refractivity (Wildman–Crippen MR) is 62.5 cm³/mol. The zero-order chi connectivity index (χ0) is 12.0. The smallest absolute Gasteiger partial charge is 0.275 e. The minimum absolute atomic E-state index is 0.0366. The van der Waals surface area contributed by atoms with Gasteiger partial charge in [0, 0.05) is 17.8 Å². The van der Waals surface area contributed by atoms with Crippen LogP contribution in [0.15, 0.2) is 18.2 Å². The Morgan fingerprint density at radius 3 is 2.75 bits per heavy atom. The first kappa shape index (κ1) is 12.3. The van der Waals surface area contributed by atoms with Gasteiger partial charge in [0.25, 0.3) is 5.69 Å². The summed E-state index contributed by atoms with van der Waals surface area (Å²) >= 11 is 0. The fourth-order valence-corrected chi connectivity index (χ4v) is 1.34. The summed E-state index contributed by atoms with van der Waals surface area (Å²) < 4.78 is 5.40. The zero-order valence-electron chi connectivity index (χ0n) is 9.31. The number of ether oxygens (including phenoxy) is 1. The first-order valence-corrected chi connectivity index (χ1v) is 5.31. The van der Waals surface area contributed by atoms with Gasteiger partial charge in [-0.25, -0.2) is 0 Å². The molecule has 88 valence electrons. The van der Waals surface area contributed by atoms with Crippen molar-refractivity contribution in [1.29, 1.82) is 0 Å². The van der Waals surface area contributed by atoms with Crippen LogP contribution in [0.3, 0.4) is 0 Å². The normalized spacial score (nSPS) is 10.1. The van der Waals surface area contributed by atoms with Gasteiger partial charge < -0.3 is 10.5 Å². The molecule has 0 fully saturated rings. The summed E-state index contributed by atoms with van der Waals surface area (Å²) in [6.45, 7) is 2.67. The number of nitro groups is 1. The molecule has 2 N–H and O–H groups in total. The second-order valence-electron chi connectivity index (χ2n) is 3.57. The van der Waals surface area contributed by atoms with Crippen molar-refractivity contribution in [3.05, 3.63) is 28.3 Å². The van der Waals surface area contributed by atoms with Gasteiger partial charge in [0.2, 0.25) is 0 Å². The summed E-state index contributed by atoms with van der Waals surface area (Å²) in [6.07, 6.45) is 3.14. The molecular weight excluding hydrogens is 208 g/mol. The lowest BCUT2D eigenvalue weighted by atomic mass is 10.2. The molecule has 5 nitrogen and oxygen atoms in total. The molecule has 0 heterocycles. The molecule has 0 aliphatic heterocycles. The topological polar surface area (TPSA) is 78.4 Å². The molecule has 0 amide bonds. The van der Waals surface area contributed by atoms with E-state index in [0.29, 0.717) is 18.0 Å². The van der Waals surface area contributed by atoms with Crippen molar-refractivity contribution in [2.45, 2.75) is 26.2 Å². The number of hydrogen-bond donors (Lipinski definition) is 1. The Morgan fingerprint density at radius 1 is 1.38 bits per heavy atom. The Hall–Kier alpha value is -1.78. The maximum atomic E-state index is 10.6. The highest BCUT2D eigenvalue weighted by atomic mass is 16.6. The van der Waals surface area contributed by atoms with E-state index in [-0.39, 0.29) is 5.69 Å². The lowest BCUT2D eigenvalue weighted by Gasteiger charge is -2.06. The predicted octanol–water partition coefficient (Wildman–Crippen LogP) is 2.75. The molecule has 1 aromatic carbocycles. The van der Waals surface area contributed by atoms with Gasteiger partial charge >= 0.3 is 0 Å². The fraction of sp³-hybridized carbons (Fsp3) is 0.455. The number of nitrogens with zero attached hydrogens (tertiary/aromatic N) is 1. The molecule has 0 aromatic heterocycles. The lowest BCUT2D eigenvalue weighted by molar-refractivity contribution is -0.384. The molecule has 1 aromatic rings. The molecule has 0 aliphatic carbocycles. The number of anilines is 1. The zero-order valence-corrected chi connectivity index (χ0v) is 9.31. The van der Waals surface area contributed by atoms with Crippen molar-refractivity contribution >= 4 is 11.4 Å². The average molecular weight is 224 g/mol. The Kier molecular flexibility index (Phi) is 4.57. The molecule has 0 saturated carbocycles. The average Bonchev–Trinajstić information content (AvgIpc) is 2.23. The quantitative estimate of drug-likeness (QED) is 0.349. The molecule has 1 rings (SSSR count). The Labute approximate surface area is 94.4 Å². The summed E-state index contributed by atoms with van der Waals surface area (Å²) in [4.78, 5) is 10.1. The highest BCUT2D eigenvalue weighted by Gasteiger charge is 2.08. The van der Waals surface area contributed by atoms with Crippen molar-refractivity contribution < 1.29 is 9.66 Å². The van der Waals surface area contributed by atoms with Crippen LogP contribution in [-0.4, -0.2) is 11.5 Å². The second kappa shape index (κ2) is 5.95. The van der Waals surface area contributed by atoms with Gasteiger partial charge in [-0.3, -0.25) is 10.1 Å². The Balaban J connectivity index is 2.62. The Morgan fingerprint density at radius 2 is 2.12 bits per heavy atom.